The molecule has 0 N–H and O–H groups in total. The lowest BCUT2D eigenvalue weighted by Gasteiger charge is -2.18. The van der Waals surface area contributed by atoms with Crippen molar-refractivity contribution in [3.8, 4) is 0 Å². The molecule has 116 valence electrons. The first kappa shape index (κ1) is 15.6. The van der Waals surface area contributed by atoms with Gasteiger partial charge in [-0.1, -0.05) is 0 Å². The van der Waals surface area contributed by atoms with Crippen LogP contribution in [-0.2, 0) is 28.5 Å². The van der Waals surface area contributed by atoms with Gasteiger partial charge < -0.3 is 18.9 Å². The fourth-order valence-electron chi connectivity index (χ4n) is 2.14. The Hall–Kier alpha value is -2.76. The first-order valence-electron chi connectivity index (χ1n) is 6.42. The van der Waals surface area contributed by atoms with E-state index in [1.54, 1.807) is 0 Å². The van der Waals surface area contributed by atoms with Crippen molar-refractivity contribution in [3.05, 3.63) is 58.5 Å². The van der Waals surface area contributed by atoms with Crippen molar-refractivity contribution in [2.24, 2.45) is 0 Å². The Morgan fingerprint density at radius 1 is 0.545 bits per heavy atom. The number of ether oxygens (including phenoxy) is 4. The summed E-state index contributed by atoms with van der Waals surface area (Å²) in [6, 6.07) is 0. The predicted octanol–water partition coefficient (Wildman–Crippen LogP) is 1.57. The first-order chi connectivity index (χ1) is 10.5. The van der Waals surface area contributed by atoms with Crippen LogP contribution >= 0.6 is 0 Å². The Balaban J connectivity index is 2.56. The van der Waals surface area contributed by atoms with Crippen molar-refractivity contribution < 1.29 is 28.5 Å². The number of rotatable bonds is 4. The number of hydrogen-bond donors (Lipinski definition) is 0. The average molecular weight is 304 g/mol. The molecule has 2 aliphatic carbocycles. The van der Waals surface area contributed by atoms with Gasteiger partial charge >= 0.3 is 0 Å². The predicted molar refractivity (Wildman–Crippen MR) is 77.4 cm³/mol. The van der Waals surface area contributed by atoms with Crippen molar-refractivity contribution in [1.82, 2.24) is 0 Å². The van der Waals surface area contributed by atoms with Gasteiger partial charge in [0, 0.05) is 23.3 Å². The molecule has 6 heteroatoms. The van der Waals surface area contributed by atoms with E-state index in [0.29, 0.717) is 23.0 Å². The molecule has 0 heterocycles. The van der Waals surface area contributed by atoms with Gasteiger partial charge in [-0.25, -0.2) is 0 Å². The van der Waals surface area contributed by atoms with Crippen molar-refractivity contribution in [3.63, 3.8) is 0 Å². The molecule has 6 nitrogen and oxygen atoms in total. The molecule has 0 spiro atoms. The Morgan fingerprint density at radius 2 is 0.818 bits per heavy atom. The summed E-state index contributed by atoms with van der Waals surface area (Å²) in [5, 5.41) is 0. The highest BCUT2D eigenvalue weighted by atomic mass is 16.5. The van der Waals surface area contributed by atoms with Gasteiger partial charge in [-0.05, 0) is 12.2 Å². The summed E-state index contributed by atoms with van der Waals surface area (Å²) < 4.78 is 20.5. The molecule has 22 heavy (non-hydrogen) atoms. The van der Waals surface area contributed by atoms with Gasteiger partial charge in [0.05, 0.1) is 28.4 Å². The smallest absolute Gasteiger partial charge is 0.190 e. The molecule has 0 saturated heterocycles. The summed E-state index contributed by atoms with van der Waals surface area (Å²) in [5.74, 6) is 0.662. The minimum absolute atomic E-state index is 0.212. The molecule has 0 aliphatic heterocycles. The molecule has 2 rings (SSSR count). The SMILES string of the molecule is COC1=CC(=O)/C(=C2\C=C(OC)C(OC)=CC2=O)C=C1OC. The number of methoxy groups -OCH3 is 4. The standard InChI is InChI=1S/C16H16O6/c1-19-13-5-9(11(17)7-15(13)21-3)10-6-14(20-2)16(22-4)8-12(10)18/h5-8H,1-4H3/b10-9+. The lowest BCUT2D eigenvalue weighted by Crippen LogP contribution is -2.16. The Bertz CT molecular complexity index is 615. The number of hydrogen-bond acceptors (Lipinski definition) is 6. The second-order valence-electron chi connectivity index (χ2n) is 4.41. The van der Waals surface area contributed by atoms with E-state index >= 15 is 0 Å². The van der Waals surface area contributed by atoms with E-state index in [2.05, 4.69) is 0 Å². The largest absolute Gasteiger partial charge is 0.493 e. The molecule has 0 bridgehead atoms. The highest BCUT2D eigenvalue weighted by Gasteiger charge is 2.27. The van der Waals surface area contributed by atoms with Crippen molar-refractivity contribution in [1.29, 1.82) is 0 Å². The van der Waals surface area contributed by atoms with Crippen LogP contribution < -0.4 is 0 Å². The molecule has 0 aromatic carbocycles. The van der Waals surface area contributed by atoms with Gasteiger partial charge in [0.15, 0.2) is 34.6 Å². The van der Waals surface area contributed by atoms with Crippen LogP contribution in [0.3, 0.4) is 0 Å². The maximum absolute atomic E-state index is 12.2. The third kappa shape index (κ3) is 2.67. The number of ketones is 2. The molecule has 0 aromatic heterocycles. The van der Waals surface area contributed by atoms with E-state index in [9.17, 15) is 9.59 Å². The Labute approximate surface area is 128 Å². The zero-order chi connectivity index (χ0) is 16.3. The molecular weight excluding hydrogens is 288 g/mol. The first-order valence-corrected chi connectivity index (χ1v) is 6.42. The van der Waals surface area contributed by atoms with Gasteiger partial charge in [-0.2, -0.15) is 0 Å². The summed E-state index contributed by atoms with van der Waals surface area (Å²) in [6.45, 7) is 0. The fraction of sp³-hybridized carbons (Fsp3) is 0.250. The van der Waals surface area contributed by atoms with Gasteiger partial charge in [-0.15, -0.1) is 0 Å². The van der Waals surface area contributed by atoms with Crippen molar-refractivity contribution in [2.45, 2.75) is 0 Å². The van der Waals surface area contributed by atoms with Gasteiger partial charge in [-0.3, -0.25) is 9.59 Å². The summed E-state index contributed by atoms with van der Waals surface area (Å²) in [5.41, 5.74) is 0.423. The minimum atomic E-state index is -0.345. The Morgan fingerprint density at radius 3 is 1.09 bits per heavy atom. The highest BCUT2D eigenvalue weighted by molar-refractivity contribution is 6.18. The lowest BCUT2D eigenvalue weighted by molar-refractivity contribution is -0.113. The second-order valence-corrected chi connectivity index (χ2v) is 4.41. The number of carbonyl (C=O) groups is 2. The molecule has 0 amide bonds. The van der Waals surface area contributed by atoms with E-state index in [1.807, 2.05) is 0 Å². The third-order valence-electron chi connectivity index (χ3n) is 3.26. The highest BCUT2D eigenvalue weighted by Crippen LogP contribution is 2.28. The zero-order valence-electron chi connectivity index (χ0n) is 12.8. The van der Waals surface area contributed by atoms with E-state index in [4.69, 9.17) is 18.9 Å². The third-order valence-corrected chi connectivity index (χ3v) is 3.26. The molecule has 0 saturated carbocycles. The fourth-order valence-corrected chi connectivity index (χ4v) is 2.14. The number of carbonyl (C=O) groups excluding carboxylic acids is 2. The molecule has 0 fully saturated rings. The summed E-state index contributed by atoms with van der Waals surface area (Å²) >= 11 is 0. The van der Waals surface area contributed by atoms with E-state index < -0.39 is 0 Å². The second kappa shape index (κ2) is 6.34. The van der Waals surface area contributed by atoms with Crippen molar-refractivity contribution in [2.75, 3.05) is 28.4 Å². The van der Waals surface area contributed by atoms with Crippen LogP contribution in [0.4, 0.5) is 0 Å². The summed E-state index contributed by atoms with van der Waals surface area (Å²) in [7, 11) is 5.79. The van der Waals surface area contributed by atoms with Crippen LogP contribution in [0.1, 0.15) is 0 Å². The van der Waals surface area contributed by atoms with Gasteiger partial charge in [0.25, 0.3) is 0 Å². The lowest BCUT2D eigenvalue weighted by atomic mass is 9.92. The summed E-state index contributed by atoms with van der Waals surface area (Å²) in [6.07, 6.45) is 5.52. The minimum Gasteiger partial charge on any atom is -0.493 e. The molecule has 0 atom stereocenters. The van der Waals surface area contributed by atoms with E-state index in [1.165, 1.54) is 52.7 Å². The maximum Gasteiger partial charge on any atom is 0.190 e. The average Bonchev–Trinajstić information content (AvgIpc) is 2.54. The summed E-state index contributed by atoms with van der Waals surface area (Å²) in [4.78, 5) is 24.5. The maximum atomic E-state index is 12.2. The van der Waals surface area contributed by atoms with Crippen LogP contribution in [-0.4, -0.2) is 40.0 Å². The zero-order valence-corrected chi connectivity index (χ0v) is 12.8. The van der Waals surface area contributed by atoms with Crippen molar-refractivity contribution >= 4 is 11.6 Å². The molecule has 0 radical (unpaired) electrons. The van der Waals surface area contributed by atoms with Crippen LogP contribution in [0.2, 0.25) is 0 Å². The molecular formula is C16H16O6. The number of allylic oxidation sites excluding steroid dienone is 6. The molecule has 0 aromatic rings. The topological polar surface area (TPSA) is 71.1 Å². The van der Waals surface area contributed by atoms with Crippen LogP contribution in [0.5, 0.6) is 0 Å². The van der Waals surface area contributed by atoms with Gasteiger partial charge in [0.2, 0.25) is 0 Å². The molecule has 2 aliphatic rings. The monoisotopic (exact) mass is 304 g/mol. The van der Waals surface area contributed by atoms with Gasteiger partial charge in [0.1, 0.15) is 0 Å². The van der Waals surface area contributed by atoms with E-state index in [0.717, 1.165) is 0 Å². The Kier molecular flexibility index (Phi) is 4.50. The van der Waals surface area contributed by atoms with Crippen LogP contribution in [0, 0.1) is 0 Å². The normalized spacial score (nSPS) is 21.5. The van der Waals surface area contributed by atoms with Crippen LogP contribution in [0.25, 0.3) is 0 Å². The quantitative estimate of drug-likeness (QED) is 0.734. The van der Waals surface area contributed by atoms with E-state index in [-0.39, 0.29) is 22.7 Å². The van der Waals surface area contributed by atoms with Crippen LogP contribution in [0.15, 0.2) is 58.5 Å². The molecule has 0 unspecified atom stereocenters.